The van der Waals surface area contributed by atoms with E-state index in [2.05, 4.69) is 5.92 Å². The zero-order valence-corrected chi connectivity index (χ0v) is 10.7. The Labute approximate surface area is 102 Å². The Balaban J connectivity index is 2.81. The van der Waals surface area contributed by atoms with E-state index >= 15 is 0 Å². The van der Waals surface area contributed by atoms with E-state index < -0.39 is 15.9 Å². The maximum Gasteiger partial charge on any atom is 0.240 e. The third kappa shape index (κ3) is 3.45. The molecule has 2 atom stereocenters. The van der Waals surface area contributed by atoms with Gasteiger partial charge < -0.3 is 10.6 Å². The number of nitrogens with zero attached hydrogens (tertiary/aromatic N) is 1. The van der Waals surface area contributed by atoms with Gasteiger partial charge in [0.2, 0.25) is 5.91 Å². The van der Waals surface area contributed by atoms with Crippen molar-refractivity contribution in [2.24, 2.45) is 5.73 Å². The molecule has 1 heterocycles. The summed E-state index contributed by atoms with van der Waals surface area (Å²) in [5.74, 6) is 2.25. The van der Waals surface area contributed by atoms with E-state index in [0.717, 1.165) is 0 Å². The van der Waals surface area contributed by atoms with Crippen LogP contribution >= 0.6 is 0 Å². The van der Waals surface area contributed by atoms with Gasteiger partial charge in [0.1, 0.15) is 0 Å². The predicted octanol–water partition coefficient (Wildman–Crippen LogP) is -0.627. The normalized spacial score (nSPS) is 23.9. The third-order valence-corrected chi connectivity index (χ3v) is 4.70. The maximum absolute atomic E-state index is 12.0. The minimum absolute atomic E-state index is 0.00312. The fourth-order valence-electron chi connectivity index (χ4n) is 1.89. The highest BCUT2D eigenvalue weighted by molar-refractivity contribution is 7.91. The lowest BCUT2D eigenvalue weighted by Gasteiger charge is -2.28. The van der Waals surface area contributed by atoms with Crippen molar-refractivity contribution in [1.29, 1.82) is 0 Å². The molecule has 96 valence electrons. The molecular formula is C11H18N2O3S. The Morgan fingerprint density at radius 2 is 2.29 bits per heavy atom. The second-order valence-electron chi connectivity index (χ2n) is 4.24. The summed E-state index contributed by atoms with van der Waals surface area (Å²) < 4.78 is 22.8. The molecule has 6 heteroatoms. The topological polar surface area (TPSA) is 80.5 Å². The third-order valence-electron chi connectivity index (χ3n) is 2.95. The van der Waals surface area contributed by atoms with Crippen LogP contribution < -0.4 is 5.73 Å². The standard InChI is InChI=1S/C11H18N2O3S/c1-3-6-13(11(14)10(12)4-2)9-5-7-17(15,16)8-9/h1,9-10H,4-8,12H2,2H3/t9?,10-/m0/s1. The summed E-state index contributed by atoms with van der Waals surface area (Å²) >= 11 is 0. The minimum Gasteiger partial charge on any atom is -0.326 e. The zero-order valence-electron chi connectivity index (χ0n) is 9.93. The van der Waals surface area contributed by atoms with Gasteiger partial charge in [-0.25, -0.2) is 8.42 Å². The highest BCUT2D eigenvalue weighted by Crippen LogP contribution is 2.18. The molecule has 0 aromatic rings. The zero-order chi connectivity index (χ0) is 13.1. The van der Waals surface area contributed by atoms with Gasteiger partial charge in [0, 0.05) is 6.04 Å². The number of rotatable bonds is 4. The molecule has 1 rings (SSSR count). The molecule has 0 saturated carbocycles. The number of sulfone groups is 1. The SMILES string of the molecule is C#CCN(C(=O)[C@@H](N)CC)C1CCS(=O)(=O)C1. The second-order valence-corrected chi connectivity index (χ2v) is 6.47. The number of hydrogen-bond donors (Lipinski definition) is 1. The van der Waals surface area contributed by atoms with Gasteiger partial charge in [-0.15, -0.1) is 6.42 Å². The van der Waals surface area contributed by atoms with E-state index in [0.29, 0.717) is 12.8 Å². The molecule has 1 fully saturated rings. The Morgan fingerprint density at radius 1 is 1.65 bits per heavy atom. The molecule has 1 unspecified atom stereocenters. The van der Waals surface area contributed by atoms with Gasteiger partial charge >= 0.3 is 0 Å². The molecule has 0 bridgehead atoms. The lowest BCUT2D eigenvalue weighted by molar-refractivity contribution is -0.133. The number of hydrogen-bond acceptors (Lipinski definition) is 4. The number of amides is 1. The molecule has 5 nitrogen and oxygen atoms in total. The predicted molar refractivity (Wildman–Crippen MR) is 65.9 cm³/mol. The lowest BCUT2D eigenvalue weighted by atomic mass is 10.1. The first-order chi connectivity index (χ1) is 7.91. The molecule has 2 N–H and O–H groups in total. The summed E-state index contributed by atoms with van der Waals surface area (Å²) in [7, 11) is -3.03. The highest BCUT2D eigenvalue weighted by atomic mass is 32.2. The van der Waals surface area contributed by atoms with Gasteiger partial charge in [-0.3, -0.25) is 4.79 Å². The van der Waals surface area contributed by atoms with Crippen molar-refractivity contribution in [3.8, 4) is 12.3 Å². The van der Waals surface area contributed by atoms with Crippen molar-refractivity contribution in [1.82, 2.24) is 4.90 Å². The van der Waals surface area contributed by atoms with E-state index in [-0.39, 0.29) is 30.0 Å². The molecule has 0 radical (unpaired) electrons. The Hall–Kier alpha value is -1.06. The van der Waals surface area contributed by atoms with Crippen molar-refractivity contribution >= 4 is 15.7 Å². The molecule has 1 saturated heterocycles. The number of nitrogens with two attached hydrogens (primary N) is 1. The first-order valence-corrected chi connectivity index (χ1v) is 7.43. The summed E-state index contributed by atoms with van der Waals surface area (Å²) in [6.45, 7) is 1.93. The summed E-state index contributed by atoms with van der Waals surface area (Å²) in [6.07, 6.45) is 6.17. The van der Waals surface area contributed by atoms with Crippen LogP contribution in [0.3, 0.4) is 0 Å². The van der Waals surface area contributed by atoms with Gasteiger partial charge in [-0.05, 0) is 12.8 Å². The fourth-order valence-corrected chi connectivity index (χ4v) is 3.62. The van der Waals surface area contributed by atoms with E-state index in [1.165, 1.54) is 4.90 Å². The first kappa shape index (κ1) is 14.0. The van der Waals surface area contributed by atoms with Crippen molar-refractivity contribution in [3.05, 3.63) is 0 Å². The molecule has 1 aliphatic heterocycles. The highest BCUT2D eigenvalue weighted by Gasteiger charge is 2.35. The number of terminal acetylenes is 1. The van der Waals surface area contributed by atoms with Gasteiger partial charge in [0.25, 0.3) is 0 Å². The van der Waals surface area contributed by atoms with Crippen LogP contribution in [0.5, 0.6) is 0 Å². The molecule has 1 aliphatic rings. The van der Waals surface area contributed by atoms with Gasteiger partial charge in [0.05, 0.1) is 24.1 Å². The first-order valence-electron chi connectivity index (χ1n) is 5.61. The molecular weight excluding hydrogens is 240 g/mol. The summed E-state index contributed by atoms with van der Waals surface area (Å²) in [4.78, 5) is 13.4. The smallest absolute Gasteiger partial charge is 0.240 e. The molecule has 0 aromatic heterocycles. The average Bonchev–Trinajstić information content (AvgIpc) is 2.64. The Morgan fingerprint density at radius 3 is 2.71 bits per heavy atom. The summed E-state index contributed by atoms with van der Waals surface area (Å²) in [6, 6.07) is -0.923. The van der Waals surface area contributed by atoms with Crippen LogP contribution in [0.1, 0.15) is 19.8 Å². The van der Waals surface area contributed by atoms with Gasteiger partial charge in [0.15, 0.2) is 9.84 Å². The lowest BCUT2D eigenvalue weighted by Crippen LogP contribution is -2.49. The second kappa shape index (κ2) is 5.52. The van der Waals surface area contributed by atoms with E-state index in [1.807, 2.05) is 6.92 Å². The van der Waals surface area contributed by atoms with Crippen molar-refractivity contribution in [2.75, 3.05) is 18.1 Å². The quantitative estimate of drug-likeness (QED) is 0.681. The van der Waals surface area contributed by atoms with Gasteiger partial charge in [-0.2, -0.15) is 0 Å². The average molecular weight is 258 g/mol. The van der Waals surface area contributed by atoms with Crippen LogP contribution in [0.15, 0.2) is 0 Å². The fraction of sp³-hybridized carbons (Fsp3) is 0.727. The summed E-state index contributed by atoms with van der Waals surface area (Å²) in [5, 5.41) is 0. The van der Waals surface area contributed by atoms with Crippen LogP contribution in [-0.4, -0.2) is 49.4 Å². The number of carbonyl (C=O) groups excluding carboxylic acids is 1. The van der Waals surface area contributed by atoms with E-state index in [4.69, 9.17) is 12.2 Å². The minimum atomic E-state index is -3.03. The van der Waals surface area contributed by atoms with E-state index in [1.54, 1.807) is 0 Å². The molecule has 17 heavy (non-hydrogen) atoms. The maximum atomic E-state index is 12.0. The van der Waals surface area contributed by atoms with Crippen molar-refractivity contribution in [3.63, 3.8) is 0 Å². The summed E-state index contributed by atoms with van der Waals surface area (Å²) in [5.41, 5.74) is 5.67. The Kier molecular flexibility index (Phi) is 4.54. The van der Waals surface area contributed by atoms with Crippen LogP contribution in [0.2, 0.25) is 0 Å². The van der Waals surface area contributed by atoms with Crippen LogP contribution in [0, 0.1) is 12.3 Å². The van der Waals surface area contributed by atoms with Crippen LogP contribution in [0.4, 0.5) is 0 Å². The Bertz CT molecular complexity index is 424. The van der Waals surface area contributed by atoms with E-state index in [9.17, 15) is 13.2 Å². The van der Waals surface area contributed by atoms with Crippen molar-refractivity contribution in [2.45, 2.75) is 31.8 Å². The number of carbonyl (C=O) groups is 1. The molecule has 0 aliphatic carbocycles. The molecule has 1 amide bonds. The largest absolute Gasteiger partial charge is 0.326 e. The molecule has 0 aromatic carbocycles. The van der Waals surface area contributed by atoms with Crippen LogP contribution in [-0.2, 0) is 14.6 Å². The monoisotopic (exact) mass is 258 g/mol. The van der Waals surface area contributed by atoms with Gasteiger partial charge in [-0.1, -0.05) is 12.8 Å². The van der Waals surface area contributed by atoms with Crippen molar-refractivity contribution < 1.29 is 13.2 Å². The molecule has 0 spiro atoms. The van der Waals surface area contributed by atoms with Crippen LogP contribution in [0.25, 0.3) is 0 Å².